The van der Waals surface area contributed by atoms with Gasteiger partial charge in [0.2, 0.25) is 0 Å². The van der Waals surface area contributed by atoms with Crippen molar-refractivity contribution in [3.8, 4) is 11.5 Å². The van der Waals surface area contributed by atoms with Gasteiger partial charge in [0, 0.05) is 16.5 Å². The second-order valence-corrected chi connectivity index (χ2v) is 12.9. The average molecular weight is 751 g/mol. The van der Waals surface area contributed by atoms with Gasteiger partial charge in [0.1, 0.15) is 18.1 Å². The van der Waals surface area contributed by atoms with Crippen LogP contribution in [-0.2, 0) is 11.4 Å². The molecule has 35 heavy (non-hydrogen) atoms. The van der Waals surface area contributed by atoms with Crippen LogP contribution < -0.4 is 14.9 Å². The summed E-state index contributed by atoms with van der Waals surface area (Å²) in [6.07, 6.45) is 1.61. The first-order valence-electron chi connectivity index (χ1n) is 10.6. The standard InChI is InChI=1S/C25H21ClI2N2O3S2/c26-19-5-1-16(2-6-19)14-33-24-21(27)11-17(12-22(24)28)13-29-30-23(31)15-32-20-7-3-18(4-8-20)25-34-9-10-35-25/h1-8,11-13,25H,9-10,14-15H2,(H,30,31)/b29-13-. The molecule has 0 aliphatic carbocycles. The highest BCUT2D eigenvalue weighted by Gasteiger charge is 2.18. The Labute approximate surface area is 245 Å². The van der Waals surface area contributed by atoms with Gasteiger partial charge in [-0.05, 0) is 98.3 Å². The minimum Gasteiger partial charge on any atom is -0.487 e. The number of hydrogen-bond donors (Lipinski definition) is 1. The Kier molecular flexibility index (Phi) is 10.3. The third kappa shape index (κ3) is 8.17. The van der Waals surface area contributed by atoms with Crippen molar-refractivity contribution in [1.82, 2.24) is 5.43 Å². The van der Waals surface area contributed by atoms with Crippen LogP contribution in [0.15, 0.2) is 65.8 Å². The van der Waals surface area contributed by atoms with Gasteiger partial charge >= 0.3 is 0 Å². The predicted octanol–water partition coefficient (Wildman–Crippen LogP) is 7.14. The molecule has 182 valence electrons. The number of halogens is 3. The first-order chi connectivity index (χ1) is 17.0. The van der Waals surface area contributed by atoms with E-state index >= 15 is 0 Å². The Morgan fingerprint density at radius 1 is 1.03 bits per heavy atom. The number of nitrogens with zero attached hydrogens (tertiary/aromatic N) is 1. The molecule has 1 fully saturated rings. The number of benzene rings is 3. The molecule has 3 aromatic rings. The lowest BCUT2D eigenvalue weighted by molar-refractivity contribution is -0.123. The van der Waals surface area contributed by atoms with Crippen molar-refractivity contribution in [3.63, 3.8) is 0 Å². The van der Waals surface area contributed by atoms with Crippen molar-refractivity contribution in [3.05, 3.63) is 89.5 Å². The molecule has 1 saturated heterocycles. The van der Waals surface area contributed by atoms with E-state index in [0.29, 0.717) is 22.0 Å². The average Bonchev–Trinajstić information content (AvgIpc) is 3.39. The van der Waals surface area contributed by atoms with Crippen LogP contribution in [0.25, 0.3) is 0 Å². The van der Waals surface area contributed by atoms with Crippen molar-refractivity contribution >= 4 is 92.4 Å². The summed E-state index contributed by atoms with van der Waals surface area (Å²) in [6, 6.07) is 19.4. The van der Waals surface area contributed by atoms with E-state index in [2.05, 4.69) is 67.8 Å². The topological polar surface area (TPSA) is 59.9 Å². The molecule has 4 rings (SSSR count). The van der Waals surface area contributed by atoms with Gasteiger partial charge < -0.3 is 9.47 Å². The van der Waals surface area contributed by atoms with Crippen molar-refractivity contribution < 1.29 is 14.3 Å². The lowest BCUT2D eigenvalue weighted by atomic mass is 10.2. The lowest BCUT2D eigenvalue weighted by Gasteiger charge is -2.11. The molecule has 0 bridgehead atoms. The zero-order chi connectivity index (χ0) is 24.6. The van der Waals surface area contributed by atoms with Crippen LogP contribution in [-0.4, -0.2) is 30.2 Å². The number of thioether (sulfide) groups is 2. The highest BCUT2D eigenvalue weighted by molar-refractivity contribution is 14.1. The summed E-state index contributed by atoms with van der Waals surface area (Å²) in [4.78, 5) is 12.1. The van der Waals surface area contributed by atoms with Gasteiger partial charge in [0.05, 0.1) is 17.9 Å². The van der Waals surface area contributed by atoms with Crippen LogP contribution in [0, 0.1) is 7.14 Å². The number of nitrogens with one attached hydrogen (secondary N) is 1. The number of ether oxygens (including phenoxy) is 2. The maximum atomic E-state index is 12.1. The number of carbonyl (C=O) groups is 1. The molecule has 1 aliphatic heterocycles. The monoisotopic (exact) mass is 750 g/mol. The fraction of sp³-hybridized carbons (Fsp3) is 0.200. The summed E-state index contributed by atoms with van der Waals surface area (Å²) >= 11 is 14.3. The molecule has 0 spiro atoms. The number of amides is 1. The molecule has 3 aromatic carbocycles. The van der Waals surface area contributed by atoms with E-state index in [1.165, 1.54) is 17.1 Å². The Balaban J connectivity index is 1.25. The smallest absolute Gasteiger partial charge is 0.277 e. The molecule has 0 aromatic heterocycles. The maximum Gasteiger partial charge on any atom is 0.277 e. The van der Waals surface area contributed by atoms with Gasteiger partial charge in [-0.3, -0.25) is 4.79 Å². The van der Waals surface area contributed by atoms with Gasteiger partial charge in [0.15, 0.2) is 6.61 Å². The predicted molar refractivity (Wildman–Crippen MR) is 163 cm³/mol. The molecular formula is C25H21ClI2N2O3S2. The van der Waals surface area contributed by atoms with Crippen LogP contribution in [0.3, 0.4) is 0 Å². The van der Waals surface area contributed by atoms with Gasteiger partial charge in [-0.2, -0.15) is 5.10 Å². The zero-order valence-corrected chi connectivity index (χ0v) is 25.1. The van der Waals surface area contributed by atoms with E-state index < -0.39 is 0 Å². The van der Waals surface area contributed by atoms with E-state index in [-0.39, 0.29) is 12.5 Å². The largest absolute Gasteiger partial charge is 0.487 e. The summed E-state index contributed by atoms with van der Waals surface area (Å²) in [5, 5.41) is 4.76. The molecule has 10 heteroatoms. The summed E-state index contributed by atoms with van der Waals surface area (Å²) in [5.41, 5.74) is 5.70. The van der Waals surface area contributed by atoms with Crippen LogP contribution in [0.4, 0.5) is 0 Å². The van der Waals surface area contributed by atoms with Crippen molar-refractivity contribution in [1.29, 1.82) is 0 Å². The first-order valence-corrected chi connectivity index (χ1v) is 15.3. The minimum absolute atomic E-state index is 0.101. The fourth-order valence-electron chi connectivity index (χ4n) is 3.16. The zero-order valence-electron chi connectivity index (χ0n) is 18.4. The number of rotatable bonds is 9. The molecule has 0 unspecified atom stereocenters. The molecule has 1 heterocycles. The maximum absolute atomic E-state index is 12.1. The lowest BCUT2D eigenvalue weighted by Crippen LogP contribution is -2.24. The third-order valence-corrected chi connectivity index (χ3v) is 9.82. The molecule has 1 amide bonds. The molecular weight excluding hydrogens is 730 g/mol. The second-order valence-electron chi connectivity index (χ2n) is 7.45. The van der Waals surface area contributed by atoms with E-state index in [4.69, 9.17) is 21.1 Å². The Bertz CT molecular complexity index is 1170. The normalized spacial score (nSPS) is 13.8. The van der Waals surface area contributed by atoms with Gasteiger partial charge in [-0.15, -0.1) is 23.5 Å². The first kappa shape index (κ1) is 26.9. The van der Waals surface area contributed by atoms with E-state index in [1.54, 1.807) is 6.21 Å². The quantitative estimate of drug-likeness (QED) is 0.143. The van der Waals surface area contributed by atoms with Crippen LogP contribution in [0.5, 0.6) is 11.5 Å². The Morgan fingerprint density at radius 2 is 1.69 bits per heavy atom. The van der Waals surface area contributed by atoms with Gasteiger partial charge in [0.25, 0.3) is 5.91 Å². The van der Waals surface area contributed by atoms with E-state index in [1.807, 2.05) is 72.1 Å². The van der Waals surface area contributed by atoms with Crippen LogP contribution >= 0.6 is 80.3 Å². The number of hydrogen-bond acceptors (Lipinski definition) is 6. The molecule has 1 aliphatic rings. The van der Waals surface area contributed by atoms with E-state index in [0.717, 1.165) is 24.0 Å². The highest BCUT2D eigenvalue weighted by Crippen LogP contribution is 2.45. The fourth-order valence-corrected chi connectivity index (χ4v) is 8.27. The van der Waals surface area contributed by atoms with Crippen molar-refractivity contribution in [2.45, 2.75) is 11.2 Å². The summed E-state index contributed by atoms with van der Waals surface area (Å²) in [6.45, 7) is 0.351. The van der Waals surface area contributed by atoms with Crippen LogP contribution in [0.2, 0.25) is 5.02 Å². The minimum atomic E-state index is -0.320. The molecule has 1 N–H and O–H groups in total. The number of carbonyl (C=O) groups excluding carboxylic acids is 1. The summed E-state index contributed by atoms with van der Waals surface area (Å²) < 4.78 is 14.0. The van der Waals surface area contributed by atoms with Gasteiger partial charge in [-0.25, -0.2) is 5.43 Å². The van der Waals surface area contributed by atoms with E-state index in [9.17, 15) is 4.79 Å². The van der Waals surface area contributed by atoms with Crippen molar-refractivity contribution in [2.24, 2.45) is 5.10 Å². The Hall–Kier alpha value is -1.15. The third-order valence-electron chi connectivity index (χ3n) is 4.86. The Morgan fingerprint density at radius 3 is 2.34 bits per heavy atom. The van der Waals surface area contributed by atoms with Crippen molar-refractivity contribution in [2.75, 3.05) is 18.1 Å². The highest BCUT2D eigenvalue weighted by atomic mass is 127. The molecule has 0 atom stereocenters. The summed E-state index contributed by atoms with van der Waals surface area (Å²) in [7, 11) is 0. The molecule has 0 saturated carbocycles. The SMILES string of the molecule is O=C(COc1ccc(C2SCCS2)cc1)N/N=C\c1cc(I)c(OCc2ccc(Cl)cc2)c(I)c1. The second kappa shape index (κ2) is 13.4. The van der Waals surface area contributed by atoms with Gasteiger partial charge in [-0.1, -0.05) is 35.9 Å². The molecule has 5 nitrogen and oxygen atoms in total. The molecule has 0 radical (unpaired) electrons. The van der Waals surface area contributed by atoms with Crippen LogP contribution in [0.1, 0.15) is 21.3 Å². The summed E-state index contributed by atoms with van der Waals surface area (Å²) in [5.74, 6) is 3.54. The number of hydrazone groups is 1.